The first kappa shape index (κ1) is 10.5. The van der Waals surface area contributed by atoms with E-state index < -0.39 is 5.97 Å². The van der Waals surface area contributed by atoms with E-state index in [0.717, 1.165) is 16.7 Å². The number of aryl methyl sites for hydroxylation is 2. The normalized spacial score (nSPS) is 10.4. The van der Waals surface area contributed by atoms with Crippen LogP contribution in [-0.4, -0.2) is 16.1 Å². The fourth-order valence-electron chi connectivity index (χ4n) is 1.76. The quantitative estimate of drug-likeness (QED) is 0.809. The van der Waals surface area contributed by atoms with Gasteiger partial charge in [-0.3, -0.25) is 0 Å². The zero-order valence-corrected chi connectivity index (χ0v) is 9.24. The fourth-order valence-corrected chi connectivity index (χ4v) is 1.76. The molecule has 0 unspecified atom stereocenters. The summed E-state index contributed by atoms with van der Waals surface area (Å²) in [7, 11) is 0. The molecule has 1 aromatic heterocycles. The molecule has 2 N–H and O–H groups in total. The predicted octanol–water partition coefficient (Wildman–Crippen LogP) is 3.00. The second-order valence-electron chi connectivity index (χ2n) is 3.87. The molecule has 0 spiro atoms. The van der Waals surface area contributed by atoms with Crippen LogP contribution in [0.25, 0.3) is 11.1 Å². The SMILES string of the molecule is Cc1ccc(-c2c[nH]c(C)c2C(=O)O)cc1. The number of aromatic amines is 1. The summed E-state index contributed by atoms with van der Waals surface area (Å²) >= 11 is 0. The van der Waals surface area contributed by atoms with Gasteiger partial charge in [-0.05, 0) is 19.4 Å². The monoisotopic (exact) mass is 215 g/mol. The van der Waals surface area contributed by atoms with E-state index in [9.17, 15) is 4.79 Å². The minimum Gasteiger partial charge on any atom is -0.478 e. The summed E-state index contributed by atoms with van der Waals surface area (Å²) in [6, 6.07) is 7.82. The van der Waals surface area contributed by atoms with Crippen LogP contribution in [-0.2, 0) is 0 Å². The Balaban J connectivity index is 2.56. The molecular formula is C13H13NO2. The van der Waals surface area contributed by atoms with Crippen LogP contribution in [0.5, 0.6) is 0 Å². The van der Waals surface area contributed by atoms with Crippen LogP contribution in [0, 0.1) is 13.8 Å². The smallest absolute Gasteiger partial charge is 0.338 e. The van der Waals surface area contributed by atoms with Crippen LogP contribution < -0.4 is 0 Å². The molecule has 1 aromatic carbocycles. The number of aromatic nitrogens is 1. The van der Waals surface area contributed by atoms with Gasteiger partial charge in [-0.1, -0.05) is 29.8 Å². The van der Waals surface area contributed by atoms with Gasteiger partial charge in [0.15, 0.2) is 0 Å². The Morgan fingerprint density at radius 1 is 1.19 bits per heavy atom. The van der Waals surface area contributed by atoms with Crippen LogP contribution in [0.15, 0.2) is 30.5 Å². The van der Waals surface area contributed by atoms with Gasteiger partial charge in [0.05, 0.1) is 5.56 Å². The highest BCUT2D eigenvalue weighted by Crippen LogP contribution is 2.26. The second kappa shape index (κ2) is 3.85. The number of rotatable bonds is 2. The van der Waals surface area contributed by atoms with Crippen LogP contribution >= 0.6 is 0 Å². The summed E-state index contributed by atoms with van der Waals surface area (Å²) in [5.74, 6) is -0.894. The highest BCUT2D eigenvalue weighted by molar-refractivity contribution is 5.97. The third kappa shape index (κ3) is 1.72. The summed E-state index contributed by atoms with van der Waals surface area (Å²) in [6.45, 7) is 3.77. The van der Waals surface area contributed by atoms with Crippen molar-refractivity contribution in [3.05, 3.63) is 47.3 Å². The van der Waals surface area contributed by atoms with E-state index >= 15 is 0 Å². The van der Waals surface area contributed by atoms with Crippen molar-refractivity contribution >= 4 is 5.97 Å². The van der Waals surface area contributed by atoms with Crippen molar-refractivity contribution in [3.8, 4) is 11.1 Å². The molecule has 82 valence electrons. The van der Waals surface area contributed by atoms with Gasteiger partial charge in [0.2, 0.25) is 0 Å². The number of carboxylic acid groups (broad SMARTS) is 1. The molecule has 0 aliphatic carbocycles. The summed E-state index contributed by atoms with van der Waals surface area (Å²) in [4.78, 5) is 14.1. The first-order valence-corrected chi connectivity index (χ1v) is 5.08. The van der Waals surface area contributed by atoms with Crippen LogP contribution in [0.4, 0.5) is 0 Å². The zero-order chi connectivity index (χ0) is 11.7. The van der Waals surface area contributed by atoms with E-state index in [1.165, 1.54) is 0 Å². The van der Waals surface area contributed by atoms with Crippen LogP contribution in [0.3, 0.4) is 0 Å². The lowest BCUT2D eigenvalue weighted by atomic mass is 10.0. The maximum atomic E-state index is 11.1. The minimum absolute atomic E-state index is 0.351. The predicted molar refractivity (Wildman–Crippen MR) is 62.7 cm³/mol. The Labute approximate surface area is 93.7 Å². The summed E-state index contributed by atoms with van der Waals surface area (Å²) in [5.41, 5.74) is 3.86. The lowest BCUT2D eigenvalue weighted by Crippen LogP contribution is -1.98. The Morgan fingerprint density at radius 3 is 2.38 bits per heavy atom. The number of carboxylic acids is 1. The van der Waals surface area contributed by atoms with E-state index in [2.05, 4.69) is 4.98 Å². The lowest BCUT2D eigenvalue weighted by molar-refractivity contribution is 0.0697. The van der Waals surface area contributed by atoms with Crippen molar-refractivity contribution < 1.29 is 9.90 Å². The average Bonchev–Trinajstić information content (AvgIpc) is 2.61. The molecular weight excluding hydrogens is 202 g/mol. The number of hydrogen-bond donors (Lipinski definition) is 2. The molecule has 3 heteroatoms. The van der Waals surface area contributed by atoms with Gasteiger partial charge in [0, 0.05) is 17.5 Å². The summed E-state index contributed by atoms with van der Waals surface area (Å²) in [5, 5.41) is 9.13. The molecule has 3 nitrogen and oxygen atoms in total. The first-order valence-electron chi connectivity index (χ1n) is 5.08. The van der Waals surface area contributed by atoms with Gasteiger partial charge < -0.3 is 10.1 Å². The number of hydrogen-bond acceptors (Lipinski definition) is 1. The molecule has 0 fully saturated rings. The van der Waals surface area contributed by atoms with Crippen molar-refractivity contribution in [1.29, 1.82) is 0 Å². The van der Waals surface area contributed by atoms with Gasteiger partial charge in [0.1, 0.15) is 0 Å². The minimum atomic E-state index is -0.894. The highest BCUT2D eigenvalue weighted by atomic mass is 16.4. The number of carbonyl (C=O) groups is 1. The molecule has 2 aromatic rings. The Hall–Kier alpha value is -2.03. The molecule has 0 aliphatic heterocycles. The Kier molecular flexibility index (Phi) is 2.52. The van der Waals surface area contributed by atoms with E-state index in [1.54, 1.807) is 13.1 Å². The zero-order valence-electron chi connectivity index (χ0n) is 9.24. The summed E-state index contributed by atoms with van der Waals surface area (Å²) in [6.07, 6.45) is 1.74. The molecule has 0 amide bonds. The maximum Gasteiger partial charge on any atom is 0.338 e. The third-order valence-corrected chi connectivity index (χ3v) is 2.65. The lowest BCUT2D eigenvalue weighted by Gasteiger charge is -2.01. The topological polar surface area (TPSA) is 53.1 Å². The van der Waals surface area contributed by atoms with E-state index in [4.69, 9.17) is 5.11 Å². The third-order valence-electron chi connectivity index (χ3n) is 2.65. The molecule has 0 bridgehead atoms. The van der Waals surface area contributed by atoms with E-state index in [1.807, 2.05) is 31.2 Å². The maximum absolute atomic E-state index is 11.1. The second-order valence-corrected chi connectivity index (χ2v) is 3.87. The standard InChI is InChI=1S/C13H13NO2/c1-8-3-5-10(6-4-8)11-7-14-9(2)12(11)13(15)16/h3-7,14H,1-2H3,(H,15,16). The molecule has 16 heavy (non-hydrogen) atoms. The molecule has 0 atom stereocenters. The van der Waals surface area contributed by atoms with Crippen LogP contribution in [0.2, 0.25) is 0 Å². The van der Waals surface area contributed by atoms with E-state index in [0.29, 0.717) is 11.3 Å². The number of H-pyrrole nitrogens is 1. The van der Waals surface area contributed by atoms with Gasteiger partial charge in [0.25, 0.3) is 0 Å². The van der Waals surface area contributed by atoms with Gasteiger partial charge in [-0.25, -0.2) is 4.79 Å². The average molecular weight is 215 g/mol. The van der Waals surface area contributed by atoms with Crippen molar-refractivity contribution in [2.24, 2.45) is 0 Å². The molecule has 0 saturated carbocycles. The van der Waals surface area contributed by atoms with Crippen molar-refractivity contribution in [2.75, 3.05) is 0 Å². The molecule has 0 aliphatic rings. The van der Waals surface area contributed by atoms with Crippen LogP contribution in [0.1, 0.15) is 21.6 Å². The van der Waals surface area contributed by atoms with Gasteiger partial charge in [-0.2, -0.15) is 0 Å². The molecule has 0 saturated heterocycles. The van der Waals surface area contributed by atoms with Crippen molar-refractivity contribution in [2.45, 2.75) is 13.8 Å². The van der Waals surface area contributed by atoms with Gasteiger partial charge >= 0.3 is 5.97 Å². The fraction of sp³-hybridized carbons (Fsp3) is 0.154. The highest BCUT2D eigenvalue weighted by Gasteiger charge is 2.15. The summed E-state index contributed by atoms with van der Waals surface area (Å²) < 4.78 is 0. The van der Waals surface area contributed by atoms with E-state index in [-0.39, 0.29) is 0 Å². The largest absolute Gasteiger partial charge is 0.478 e. The Morgan fingerprint density at radius 2 is 1.81 bits per heavy atom. The number of aromatic carboxylic acids is 1. The molecule has 0 radical (unpaired) electrons. The van der Waals surface area contributed by atoms with Gasteiger partial charge in [-0.15, -0.1) is 0 Å². The first-order chi connectivity index (χ1) is 7.59. The molecule has 2 rings (SSSR count). The molecule has 1 heterocycles. The van der Waals surface area contributed by atoms with Crippen molar-refractivity contribution in [3.63, 3.8) is 0 Å². The Bertz CT molecular complexity index is 523. The number of nitrogens with one attached hydrogen (secondary N) is 1. The van der Waals surface area contributed by atoms with Crippen molar-refractivity contribution in [1.82, 2.24) is 4.98 Å². The number of benzene rings is 1.